The van der Waals surface area contributed by atoms with Crippen molar-refractivity contribution in [1.29, 1.82) is 0 Å². The van der Waals surface area contributed by atoms with Crippen LogP contribution in [-0.4, -0.2) is 42.2 Å². The van der Waals surface area contributed by atoms with E-state index in [-0.39, 0.29) is 12.8 Å². The molecule has 6 nitrogen and oxygen atoms in total. The topological polar surface area (TPSA) is 86.7 Å². The van der Waals surface area contributed by atoms with Gasteiger partial charge in [-0.2, -0.15) is 0 Å². The highest BCUT2D eigenvalue weighted by Crippen LogP contribution is 2.26. The standard InChI is InChI=1S/C22H28N2O4S/c25-22(23-26)17-21(16-19-9-5-2-6-10-19)29(27,28)24-13-11-20(12-14-24)15-18-7-3-1-4-8-18/h1-10,20-21,26H,11-17H2,(H,23,25). The lowest BCUT2D eigenvalue weighted by molar-refractivity contribution is -0.129. The van der Waals surface area contributed by atoms with Gasteiger partial charge in [-0.15, -0.1) is 0 Å². The first kappa shape index (κ1) is 21.5. The Hall–Kier alpha value is -2.22. The molecule has 2 aromatic rings. The summed E-state index contributed by atoms with van der Waals surface area (Å²) >= 11 is 0. The van der Waals surface area contributed by atoms with Crippen LogP contribution >= 0.6 is 0 Å². The average Bonchev–Trinajstić information content (AvgIpc) is 2.75. The van der Waals surface area contributed by atoms with E-state index in [4.69, 9.17) is 5.21 Å². The van der Waals surface area contributed by atoms with E-state index in [0.29, 0.717) is 19.0 Å². The zero-order valence-electron chi connectivity index (χ0n) is 16.4. The second-order valence-electron chi connectivity index (χ2n) is 7.63. The fourth-order valence-electron chi connectivity index (χ4n) is 3.94. The van der Waals surface area contributed by atoms with Gasteiger partial charge in [0.2, 0.25) is 15.9 Å². The summed E-state index contributed by atoms with van der Waals surface area (Å²) in [5.74, 6) is -0.231. The molecule has 29 heavy (non-hydrogen) atoms. The molecule has 0 radical (unpaired) electrons. The maximum Gasteiger partial charge on any atom is 0.244 e. The first-order chi connectivity index (χ1) is 14.0. The molecule has 1 unspecified atom stereocenters. The zero-order chi connectivity index (χ0) is 20.7. The van der Waals surface area contributed by atoms with Crippen LogP contribution in [0.1, 0.15) is 30.4 Å². The van der Waals surface area contributed by atoms with Crippen molar-refractivity contribution in [3.05, 3.63) is 71.8 Å². The van der Waals surface area contributed by atoms with E-state index in [1.54, 1.807) is 5.48 Å². The molecule has 0 spiro atoms. The summed E-state index contributed by atoms with van der Waals surface area (Å²) in [7, 11) is -3.66. The minimum Gasteiger partial charge on any atom is -0.289 e. The number of hydroxylamine groups is 1. The summed E-state index contributed by atoms with van der Waals surface area (Å²) in [4.78, 5) is 11.8. The number of rotatable bonds is 8. The number of nitrogens with one attached hydrogen (secondary N) is 1. The van der Waals surface area contributed by atoms with Gasteiger partial charge in [0.25, 0.3) is 0 Å². The quantitative estimate of drug-likeness (QED) is 0.512. The average molecular weight is 417 g/mol. The Morgan fingerprint density at radius 3 is 2.10 bits per heavy atom. The molecule has 156 valence electrons. The number of amides is 1. The predicted octanol–water partition coefficient (Wildman–Crippen LogP) is 2.78. The maximum absolute atomic E-state index is 13.3. The summed E-state index contributed by atoms with van der Waals surface area (Å²) in [6, 6.07) is 19.5. The van der Waals surface area contributed by atoms with Gasteiger partial charge in [-0.05, 0) is 42.7 Å². The van der Waals surface area contributed by atoms with Crippen molar-refractivity contribution in [2.75, 3.05) is 13.1 Å². The van der Waals surface area contributed by atoms with Crippen LogP contribution in [-0.2, 0) is 27.7 Å². The van der Waals surface area contributed by atoms with Crippen LogP contribution in [0.3, 0.4) is 0 Å². The van der Waals surface area contributed by atoms with Crippen molar-refractivity contribution < 1.29 is 18.4 Å². The molecule has 1 aliphatic heterocycles. The third kappa shape index (κ3) is 5.88. The third-order valence-corrected chi connectivity index (χ3v) is 7.83. The molecule has 2 aromatic carbocycles. The van der Waals surface area contributed by atoms with Gasteiger partial charge in [0.05, 0.1) is 5.25 Å². The van der Waals surface area contributed by atoms with E-state index < -0.39 is 21.2 Å². The van der Waals surface area contributed by atoms with Gasteiger partial charge in [-0.25, -0.2) is 18.2 Å². The molecule has 1 aliphatic rings. The summed E-state index contributed by atoms with van der Waals surface area (Å²) in [6.07, 6.45) is 2.53. The van der Waals surface area contributed by atoms with Gasteiger partial charge < -0.3 is 0 Å². The van der Waals surface area contributed by atoms with Gasteiger partial charge in [-0.3, -0.25) is 10.0 Å². The lowest BCUT2D eigenvalue weighted by Gasteiger charge is -2.34. The van der Waals surface area contributed by atoms with E-state index in [9.17, 15) is 13.2 Å². The lowest BCUT2D eigenvalue weighted by Crippen LogP contribution is -2.45. The van der Waals surface area contributed by atoms with Crippen LogP contribution in [0.5, 0.6) is 0 Å². The maximum atomic E-state index is 13.3. The number of sulfonamides is 1. The van der Waals surface area contributed by atoms with Crippen molar-refractivity contribution in [3.8, 4) is 0 Å². The molecule has 1 amide bonds. The first-order valence-corrected chi connectivity index (χ1v) is 11.5. The van der Waals surface area contributed by atoms with Gasteiger partial charge in [0.1, 0.15) is 0 Å². The van der Waals surface area contributed by atoms with Crippen molar-refractivity contribution in [2.45, 2.75) is 37.4 Å². The minimum atomic E-state index is -3.66. The number of carbonyl (C=O) groups excluding carboxylic acids is 1. The Bertz CT molecular complexity index is 880. The second-order valence-corrected chi connectivity index (χ2v) is 9.84. The summed E-state index contributed by atoms with van der Waals surface area (Å²) in [5, 5.41) is 7.99. The van der Waals surface area contributed by atoms with Crippen molar-refractivity contribution in [3.63, 3.8) is 0 Å². The predicted molar refractivity (Wildman–Crippen MR) is 112 cm³/mol. The van der Waals surface area contributed by atoms with E-state index in [1.807, 2.05) is 48.5 Å². The largest absolute Gasteiger partial charge is 0.289 e. The third-order valence-electron chi connectivity index (χ3n) is 5.57. The number of hydrogen-bond donors (Lipinski definition) is 2. The Kier molecular flexibility index (Phi) is 7.41. The van der Waals surface area contributed by atoms with Crippen LogP contribution in [0.25, 0.3) is 0 Å². The Morgan fingerprint density at radius 1 is 1.00 bits per heavy atom. The Labute approximate surface area is 172 Å². The number of hydrogen-bond acceptors (Lipinski definition) is 4. The van der Waals surface area contributed by atoms with Crippen molar-refractivity contribution >= 4 is 15.9 Å². The number of piperidine rings is 1. The summed E-state index contributed by atoms with van der Waals surface area (Å²) in [6.45, 7) is 0.928. The molecule has 1 fully saturated rings. The molecule has 1 heterocycles. The van der Waals surface area contributed by atoms with Gasteiger partial charge >= 0.3 is 0 Å². The second kappa shape index (κ2) is 10.0. The van der Waals surface area contributed by atoms with E-state index in [2.05, 4.69) is 12.1 Å². The molecule has 0 bridgehead atoms. The SMILES string of the molecule is O=C(CC(Cc1ccccc1)S(=O)(=O)N1CCC(Cc2ccccc2)CC1)NO. The fourth-order valence-corrected chi connectivity index (χ4v) is 5.84. The molecule has 7 heteroatoms. The minimum absolute atomic E-state index is 0.237. The first-order valence-electron chi connectivity index (χ1n) is 9.99. The van der Waals surface area contributed by atoms with Crippen LogP contribution < -0.4 is 5.48 Å². The highest BCUT2D eigenvalue weighted by Gasteiger charge is 2.36. The molecule has 3 rings (SSSR count). The molecule has 2 N–H and O–H groups in total. The van der Waals surface area contributed by atoms with E-state index >= 15 is 0 Å². The Morgan fingerprint density at radius 2 is 1.55 bits per heavy atom. The normalized spacial score (nSPS) is 17.0. The molecule has 0 saturated carbocycles. The van der Waals surface area contributed by atoms with Crippen LogP contribution in [0.4, 0.5) is 0 Å². The van der Waals surface area contributed by atoms with Crippen LogP contribution in [0, 0.1) is 5.92 Å². The smallest absolute Gasteiger partial charge is 0.244 e. The van der Waals surface area contributed by atoms with Gasteiger partial charge in [0, 0.05) is 19.5 Å². The molecule has 0 aromatic heterocycles. The summed E-state index contributed by atoms with van der Waals surface area (Å²) in [5.41, 5.74) is 3.69. The Balaban J connectivity index is 1.66. The van der Waals surface area contributed by atoms with E-state index in [0.717, 1.165) is 24.8 Å². The highest BCUT2D eigenvalue weighted by atomic mass is 32.2. The molecular formula is C22H28N2O4S. The van der Waals surface area contributed by atoms with Crippen LogP contribution in [0.2, 0.25) is 0 Å². The molecular weight excluding hydrogens is 388 g/mol. The molecule has 1 saturated heterocycles. The summed E-state index contributed by atoms with van der Waals surface area (Å²) < 4.78 is 28.1. The number of carbonyl (C=O) groups is 1. The van der Waals surface area contributed by atoms with Crippen LogP contribution in [0.15, 0.2) is 60.7 Å². The number of benzene rings is 2. The van der Waals surface area contributed by atoms with Crippen molar-refractivity contribution in [1.82, 2.24) is 9.79 Å². The molecule has 1 atom stereocenters. The zero-order valence-corrected chi connectivity index (χ0v) is 17.2. The monoisotopic (exact) mass is 416 g/mol. The van der Waals surface area contributed by atoms with Gasteiger partial charge in [-0.1, -0.05) is 60.7 Å². The van der Waals surface area contributed by atoms with Crippen molar-refractivity contribution in [2.24, 2.45) is 5.92 Å². The molecule has 0 aliphatic carbocycles. The number of nitrogens with zero attached hydrogens (tertiary/aromatic N) is 1. The van der Waals surface area contributed by atoms with Gasteiger partial charge in [0.15, 0.2) is 0 Å². The van der Waals surface area contributed by atoms with E-state index in [1.165, 1.54) is 9.87 Å². The fraction of sp³-hybridized carbons (Fsp3) is 0.409. The highest BCUT2D eigenvalue weighted by molar-refractivity contribution is 7.89. The lowest BCUT2D eigenvalue weighted by atomic mass is 9.91.